The van der Waals surface area contributed by atoms with Crippen molar-refractivity contribution in [3.63, 3.8) is 0 Å². The maximum atomic E-state index is 11.5. The van der Waals surface area contributed by atoms with Gasteiger partial charge in [-0.2, -0.15) is 0 Å². The summed E-state index contributed by atoms with van der Waals surface area (Å²) < 4.78 is 0. The van der Waals surface area contributed by atoms with E-state index >= 15 is 0 Å². The number of rotatable bonds is 11. The average Bonchev–Trinajstić information content (AvgIpc) is 3.60. The van der Waals surface area contributed by atoms with Crippen LogP contribution in [0.2, 0.25) is 0 Å². The van der Waals surface area contributed by atoms with Gasteiger partial charge in [0.05, 0.1) is 17.1 Å². The summed E-state index contributed by atoms with van der Waals surface area (Å²) in [5.41, 5.74) is 11.2. The molecule has 0 saturated carbocycles. The monoisotopic (exact) mass is 564 g/mol. The van der Waals surface area contributed by atoms with E-state index in [9.17, 15) is 19.8 Å². The number of aliphatic imine (C=N–C) groups is 2. The highest BCUT2D eigenvalue weighted by Crippen LogP contribution is 2.34. The van der Waals surface area contributed by atoms with Crippen LogP contribution >= 0.6 is 0 Å². The molecule has 0 unspecified atom stereocenters. The molecule has 0 fully saturated rings. The maximum absolute atomic E-state index is 11.5. The number of hydrogen-bond acceptors (Lipinski definition) is 4. The van der Waals surface area contributed by atoms with E-state index in [1.54, 1.807) is 12.3 Å². The Kier molecular flexibility index (Phi) is 8.76. The van der Waals surface area contributed by atoms with Crippen LogP contribution in [0.3, 0.4) is 0 Å². The fourth-order valence-corrected chi connectivity index (χ4v) is 5.34. The van der Waals surface area contributed by atoms with E-state index in [0.717, 1.165) is 66.6 Å². The largest absolute Gasteiger partial charge is 0.481 e. The molecule has 0 aromatic carbocycles. The standard InChI is InChI=1S/C34H36N4O4/c1-8-23-19(4)27(36-22(23)7)15-31-24(9-2)20(5)28(37-31)14-29-21(6)26(11-13-34(41)42)32(38-29)16-30-25(10-12-33(39)40)18(3)17-35-30/h8-9,14-17,36-37H,1-2,7,10-13H2,3-6H3,(H,39,40)(H,41,42)/b27-15-,29-14-,30-16-. The molecule has 0 atom stereocenters. The summed E-state index contributed by atoms with van der Waals surface area (Å²) in [7, 11) is 0. The molecule has 0 spiro atoms. The second-order valence-electron chi connectivity index (χ2n) is 10.5. The minimum Gasteiger partial charge on any atom is -0.481 e. The van der Waals surface area contributed by atoms with Crippen molar-refractivity contribution in [2.45, 2.75) is 53.4 Å². The lowest BCUT2D eigenvalue weighted by molar-refractivity contribution is -0.137. The summed E-state index contributed by atoms with van der Waals surface area (Å²) in [5.74, 6) is -1.77. The Labute approximate surface area is 245 Å². The van der Waals surface area contributed by atoms with E-state index in [-0.39, 0.29) is 12.8 Å². The van der Waals surface area contributed by atoms with Gasteiger partial charge in [0, 0.05) is 52.3 Å². The zero-order chi connectivity index (χ0) is 30.7. The number of nitrogens with one attached hydrogen (secondary N) is 2. The molecule has 4 rings (SSSR count). The Morgan fingerprint density at radius 3 is 2.07 bits per heavy atom. The van der Waals surface area contributed by atoms with Gasteiger partial charge in [0.25, 0.3) is 0 Å². The lowest BCUT2D eigenvalue weighted by Crippen LogP contribution is -2.10. The van der Waals surface area contributed by atoms with Gasteiger partial charge in [0.1, 0.15) is 0 Å². The van der Waals surface area contributed by atoms with Crippen LogP contribution in [0, 0.1) is 13.8 Å². The zero-order valence-corrected chi connectivity index (χ0v) is 24.5. The Hall–Kier alpha value is -4.98. The van der Waals surface area contributed by atoms with E-state index in [4.69, 9.17) is 4.99 Å². The highest BCUT2D eigenvalue weighted by Gasteiger charge is 2.23. The number of carbonyl (C=O) groups is 2. The third kappa shape index (κ3) is 6.02. The molecular formula is C34H36N4O4. The summed E-state index contributed by atoms with van der Waals surface area (Å²) in [6, 6.07) is 0. The smallest absolute Gasteiger partial charge is 0.303 e. The van der Waals surface area contributed by atoms with Crippen LogP contribution in [0.25, 0.3) is 30.9 Å². The molecule has 2 aromatic rings. The SMILES string of the molecule is C=Cc1c(/C=c2\[nH]c(=C)c(C=C)c2C)[nH]c(/C=C2N=C(/C=C3\N=CC(C)=C3CCC(=O)O)C(CCC(=O)O)=C\2C)c1C. The molecule has 8 nitrogen and oxygen atoms in total. The number of aliphatic carboxylic acids is 2. The Morgan fingerprint density at radius 2 is 1.48 bits per heavy atom. The average molecular weight is 565 g/mol. The number of allylic oxidation sites excluding steroid dienone is 5. The molecule has 2 aromatic heterocycles. The molecule has 216 valence electrons. The summed E-state index contributed by atoms with van der Waals surface area (Å²) >= 11 is 0. The topological polar surface area (TPSA) is 131 Å². The third-order valence-electron chi connectivity index (χ3n) is 7.78. The van der Waals surface area contributed by atoms with Gasteiger partial charge in [-0.25, -0.2) is 4.99 Å². The predicted octanol–water partition coefficient (Wildman–Crippen LogP) is 5.61. The molecule has 8 heteroatoms. The van der Waals surface area contributed by atoms with Gasteiger partial charge >= 0.3 is 11.9 Å². The van der Waals surface area contributed by atoms with Crippen LogP contribution in [0.1, 0.15) is 73.2 Å². The first-order valence-electron chi connectivity index (χ1n) is 13.7. The van der Waals surface area contributed by atoms with Crippen molar-refractivity contribution in [1.29, 1.82) is 0 Å². The van der Waals surface area contributed by atoms with Crippen molar-refractivity contribution in [2.24, 2.45) is 9.98 Å². The summed E-state index contributed by atoms with van der Waals surface area (Å²) in [6.45, 7) is 19.9. The van der Waals surface area contributed by atoms with Crippen molar-refractivity contribution in [3.05, 3.63) is 97.3 Å². The number of aromatic amines is 2. The normalized spacial score (nSPS) is 17.2. The van der Waals surface area contributed by atoms with E-state index in [1.807, 2.05) is 52.0 Å². The Bertz CT molecular complexity index is 1820. The van der Waals surface area contributed by atoms with Gasteiger partial charge in [-0.1, -0.05) is 31.9 Å². The van der Waals surface area contributed by atoms with Crippen LogP contribution in [-0.4, -0.2) is 44.0 Å². The molecule has 0 bridgehead atoms. The highest BCUT2D eigenvalue weighted by atomic mass is 16.4. The van der Waals surface area contributed by atoms with Crippen molar-refractivity contribution in [3.8, 4) is 0 Å². The third-order valence-corrected chi connectivity index (χ3v) is 7.78. The summed E-state index contributed by atoms with van der Waals surface area (Å²) in [4.78, 5) is 38.9. The van der Waals surface area contributed by atoms with Crippen molar-refractivity contribution in [2.75, 3.05) is 0 Å². The van der Waals surface area contributed by atoms with Crippen molar-refractivity contribution >= 4 is 54.7 Å². The van der Waals surface area contributed by atoms with Gasteiger partial charge in [-0.05, 0) is 92.2 Å². The number of aromatic nitrogens is 2. The van der Waals surface area contributed by atoms with E-state index < -0.39 is 11.9 Å². The maximum Gasteiger partial charge on any atom is 0.303 e. The van der Waals surface area contributed by atoms with Crippen LogP contribution in [0.15, 0.2) is 62.9 Å². The Balaban J connectivity index is 1.80. The van der Waals surface area contributed by atoms with E-state index in [1.165, 1.54) is 0 Å². The molecule has 4 N–H and O–H groups in total. The van der Waals surface area contributed by atoms with Gasteiger partial charge in [-0.15, -0.1) is 0 Å². The number of nitrogens with zero attached hydrogens (tertiary/aromatic N) is 2. The molecular weight excluding hydrogens is 528 g/mol. The molecule has 2 aliphatic heterocycles. The molecule has 0 aliphatic carbocycles. The van der Waals surface area contributed by atoms with Crippen molar-refractivity contribution in [1.82, 2.24) is 9.97 Å². The molecule has 4 heterocycles. The van der Waals surface area contributed by atoms with Crippen LogP contribution in [0.5, 0.6) is 0 Å². The van der Waals surface area contributed by atoms with Crippen LogP contribution < -0.4 is 10.7 Å². The Morgan fingerprint density at radius 1 is 0.833 bits per heavy atom. The van der Waals surface area contributed by atoms with Crippen LogP contribution in [0.4, 0.5) is 0 Å². The van der Waals surface area contributed by atoms with Gasteiger partial charge in [0.2, 0.25) is 0 Å². The van der Waals surface area contributed by atoms with E-state index in [2.05, 4.69) is 34.7 Å². The fraction of sp³-hybridized carbons (Fsp3) is 0.235. The highest BCUT2D eigenvalue weighted by molar-refractivity contribution is 6.13. The number of carboxylic acids is 2. The summed E-state index contributed by atoms with van der Waals surface area (Å²) in [5, 5.41) is 20.3. The lowest BCUT2D eigenvalue weighted by Gasteiger charge is -2.07. The summed E-state index contributed by atoms with van der Waals surface area (Å²) in [6.07, 6.45) is 11.8. The van der Waals surface area contributed by atoms with Gasteiger partial charge in [-0.3, -0.25) is 14.6 Å². The first-order chi connectivity index (χ1) is 19.9. The first-order valence-corrected chi connectivity index (χ1v) is 13.7. The minimum atomic E-state index is -0.891. The van der Waals surface area contributed by atoms with E-state index in [0.29, 0.717) is 29.9 Å². The fourth-order valence-electron chi connectivity index (χ4n) is 5.34. The number of H-pyrrole nitrogens is 2. The van der Waals surface area contributed by atoms with Gasteiger partial charge < -0.3 is 20.2 Å². The first kappa shape index (κ1) is 30.0. The number of hydrogen-bond donors (Lipinski definition) is 4. The quantitative estimate of drug-likeness (QED) is 0.282. The second-order valence-corrected chi connectivity index (χ2v) is 10.5. The molecule has 0 amide bonds. The molecule has 42 heavy (non-hydrogen) atoms. The zero-order valence-electron chi connectivity index (χ0n) is 24.5. The van der Waals surface area contributed by atoms with Gasteiger partial charge in [0.15, 0.2) is 0 Å². The second kappa shape index (κ2) is 12.3. The molecule has 0 saturated heterocycles. The lowest BCUT2D eigenvalue weighted by atomic mass is 9.97. The number of carboxylic acid groups (broad SMARTS) is 2. The van der Waals surface area contributed by atoms with Crippen LogP contribution in [-0.2, 0) is 9.59 Å². The minimum absolute atomic E-state index is 0.00414. The predicted molar refractivity (Wildman–Crippen MR) is 171 cm³/mol. The molecule has 2 aliphatic rings. The molecule has 0 radical (unpaired) electrons. The van der Waals surface area contributed by atoms with Crippen molar-refractivity contribution < 1.29 is 19.8 Å².